The Labute approximate surface area is 107 Å². The minimum atomic E-state index is -0.496. The lowest BCUT2D eigenvalue weighted by Gasteiger charge is -2.04. The molecule has 0 aliphatic heterocycles. The van der Waals surface area contributed by atoms with Crippen molar-refractivity contribution in [1.82, 2.24) is 15.0 Å². The van der Waals surface area contributed by atoms with Crippen LogP contribution in [0.1, 0.15) is 16.1 Å². The highest BCUT2D eigenvalue weighted by molar-refractivity contribution is 5.70. The number of benzene rings is 1. The standard InChI is InChI=1S/C11H10N4O4/c1-19-11-3-8(2-10(4-11)15(17)18)5-14-6-9(7-16)12-13-14/h2-4,6-7H,5H2,1H3. The summed E-state index contributed by atoms with van der Waals surface area (Å²) in [5.41, 5.74) is 0.774. The van der Waals surface area contributed by atoms with E-state index < -0.39 is 4.92 Å². The number of hydrogen-bond donors (Lipinski definition) is 0. The third-order valence-electron chi connectivity index (χ3n) is 2.42. The number of ether oxygens (including phenoxy) is 1. The van der Waals surface area contributed by atoms with E-state index >= 15 is 0 Å². The minimum Gasteiger partial charge on any atom is -0.496 e. The molecule has 2 aromatic rings. The maximum Gasteiger partial charge on any atom is 0.273 e. The Bertz CT molecular complexity index is 623. The van der Waals surface area contributed by atoms with Crippen LogP contribution in [0, 0.1) is 10.1 Å². The molecule has 0 saturated heterocycles. The monoisotopic (exact) mass is 262 g/mol. The van der Waals surface area contributed by atoms with E-state index in [9.17, 15) is 14.9 Å². The topological polar surface area (TPSA) is 100 Å². The fourth-order valence-electron chi connectivity index (χ4n) is 1.59. The minimum absolute atomic E-state index is 0.0647. The number of nitrogens with zero attached hydrogens (tertiary/aromatic N) is 4. The summed E-state index contributed by atoms with van der Waals surface area (Å²) in [4.78, 5) is 20.8. The molecule has 0 fully saturated rings. The smallest absolute Gasteiger partial charge is 0.273 e. The van der Waals surface area contributed by atoms with Crippen LogP contribution in [0.5, 0.6) is 5.75 Å². The van der Waals surface area contributed by atoms with Gasteiger partial charge in [-0.15, -0.1) is 5.10 Å². The van der Waals surface area contributed by atoms with Gasteiger partial charge in [0.2, 0.25) is 0 Å². The summed E-state index contributed by atoms with van der Waals surface area (Å²) in [6, 6.07) is 4.42. The first kappa shape index (κ1) is 12.7. The van der Waals surface area contributed by atoms with Gasteiger partial charge in [0.05, 0.1) is 30.8 Å². The molecule has 0 unspecified atom stereocenters. The van der Waals surface area contributed by atoms with Gasteiger partial charge in [0.25, 0.3) is 5.69 Å². The van der Waals surface area contributed by atoms with Gasteiger partial charge in [-0.2, -0.15) is 0 Å². The molecule has 8 heteroatoms. The Hall–Kier alpha value is -2.77. The van der Waals surface area contributed by atoms with Gasteiger partial charge in [0, 0.05) is 6.07 Å². The number of non-ortho nitro benzene ring substituents is 1. The molecule has 0 radical (unpaired) electrons. The van der Waals surface area contributed by atoms with Crippen molar-refractivity contribution in [3.63, 3.8) is 0 Å². The molecule has 0 saturated carbocycles. The van der Waals surface area contributed by atoms with E-state index in [1.165, 1.54) is 30.1 Å². The highest BCUT2D eigenvalue weighted by Crippen LogP contribution is 2.22. The molecule has 0 spiro atoms. The highest BCUT2D eigenvalue weighted by atomic mass is 16.6. The second-order valence-electron chi connectivity index (χ2n) is 3.76. The largest absolute Gasteiger partial charge is 0.496 e. The third kappa shape index (κ3) is 2.92. The first-order chi connectivity index (χ1) is 9.12. The van der Waals surface area contributed by atoms with Gasteiger partial charge in [-0.1, -0.05) is 5.21 Å². The number of aromatic nitrogens is 3. The molecule has 19 heavy (non-hydrogen) atoms. The van der Waals surface area contributed by atoms with Crippen LogP contribution in [0.3, 0.4) is 0 Å². The van der Waals surface area contributed by atoms with Crippen molar-refractivity contribution in [2.75, 3.05) is 7.11 Å². The van der Waals surface area contributed by atoms with Crippen molar-refractivity contribution in [2.24, 2.45) is 0 Å². The van der Waals surface area contributed by atoms with Crippen molar-refractivity contribution < 1.29 is 14.5 Å². The van der Waals surface area contributed by atoms with Crippen molar-refractivity contribution in [3.05, 3.63) is 45.8 Å². The zero-order chi connectivity index (χ0) is 13.8. The average Bonchev–Trinajstić information content (AvgIpc) is 2.85. The van der Waals surface area contributed by atoms with Crippen LogP contribution in [-0.4, -0.2) is 33.3 Å². The summed E-state index contributed by atoms with van der Waals surface area (Å²) in [5, 5.41) is 18.1. The lowest BCUT2D eigenvalue weighted by atomic mass is 10.2. The summed E-state index contributed by atoms with van der Waals surface area (Å²) < 4.78 is 6.42. The number of nitro groups is 1. The summed E-state index contributed by atoms with van der Waals surface area (Å²) in [6.45, 7) is 0.263. The van der Waals surface area contributed by atoms with Crippen LogP contribution in [0.15, 0.2) is 24.4 Å². The number of methoxy groups -OCH3 is 1. The molecule has 0 bridgehead atoms. The van der Waals surface area contributed by atoms with Gasteiger partial charge in [0.1, 0.15) is 11.4 Å². The quantitative estimate of drug-likeness (QED) is 0.453. The van der Waals surface area contributed by atoms with E-state index in [-0.39, 0.29) is 17.9 Å². The van der Waals surface area contributed by atoms with Gasteiger partial charge in [-0.3, -0.25) is 14.9 Å². The normalized spacial score (nSPS) is 10.2. The summed E-state index contributed by atoms with van der Waals surface area (Å²) in [6.07, 6.45) is 2.04. The van der Waals surface area contributed by atoms with Crippen LogP contribution in [-0.2, 0) is 6.54 Å². The highest BCUT2D eigenvalue weighted by Gasteiger charge is 2.11. The molecule has 1 aromatic heterocycles. The molecule has 0 atom stereocenters. The van der Waals surface area contributed by atoms with E-state index in [1.54, 1.807) is 6.07 Å². The predicted molar refractivity (Wildman–Crippen MR) is 64.2 cm³/mol. The van der Waals surface area contributed by atoms with E-state index in [0.717, 1.165) is 0 Å². The van der Waals surface area contributed by atoms with E-state index in [0.29, 0.717) is 17.6 Å². The maximum atomic E-state index is 10.8. The fraction of sp³-hybridized carbons (Fsp3) is 0.182. The van der Waals surface area contributed by atoms with Gasteiger partial charge in [-0.25, -0.2) is 4.68 Å². The molecule has 8 nitrogen and oxygen atoms in total. The van der Waals surface area contributed by atoms with Crippen LogP contribution < -0.4 is 4.74 Å². The summed E-state index contributed by atoms with van der Waals surface area (Å²) >= 11 is 0. The van der Waals surface area contributed by atoms with Crippen molar-refractivity contribution in [2.45, 2.75) is 6.54 Å². The van der Waals surface area contributed by atoms with Crippen molar-refractivity contribution in [1.29, 1.82) is 0 Å². The molecule has 98 valence electrons. The second kappa shape index (κ2) is 5.25. The molecule has 0 amide bonds. The maximum absolute atomic E-state index is 10.8. The molecular weight excluding hydrogens is 252 g/mol. The van der Waals surface area contributed by atoms with Crippen LogP contribution >= 0.6 is 0 Å². The van der Waals surface area contributed by atoms with Gasteiger partial charge >= 0.3 is 0 Å². The van der Waals surface area contributed by atoms with Gasteiger partial charge < -0.3 is 4.74 Å². The number of carbonyl (C=O) groups is 1. The number of nitro benzene ring substituents is 1. The van der Waals surface area contributed by atoms with E-state index in [4.69, 9.17) is 4.74 Å². The number of carbonyl (C=O) groups excluding carboxylic acids is 1. The fourth-order valence-corrected chi connectivity index (χ4v) is 1.59. The zero-order valence-electron chi connectivity index (χ0n) is 10.0. The Morgan fingerprint density at radius 3 is 2.84 bits per heavy atom. The van der Waals surface area contributed by atoms with Crippen LogP contribution in [0.4, 0.5) is 5.69 Å². The molecular formula is C11H10N4O4. The molecule has 0 N–H and O–H groups in total. The lowest BCUT2D eigenvalue weighted by molar-refractivity contribution is -0.385. The third-order valence-corrected chi connectivity index (χ3v) is 2.42. The molecule has 2 rings (SSSR count). The summed E-state index contributed by atoms with van der Waals surface area (Å²) in [7, 11) is 1.43. The van der Waals surface area contributed by atoms with Crippen LogP contribution in [0.2, 0.25) is 0 Å². The van der Waals surface area contributed by atoms with E-state index in [1.807, 2.05) is 0 Å². The number of hydrogen-bond acceptors (Lipinski definition) is 6. The number of aldehydes is 1. The molecule has 0 aliphatic rings. The van der Waals surface area contributed by atoms with Crippen LogP contribution in [0.25, 0.3) is 0 Å². The average molecular weight is 262 g/mol. The Morgan fingerprint density at radius 2 is 2.26 bits per heavy atom. The lowest BCUT2D eigenvalue weighted by Crippen LogP contribution is -2.02. The second-order valence-corrected chi connectivity index (χ2v) is 3.76. The number of rotatable bonds is 5. The predicted octanol–water partition coefficient (Wildman–Crippen LogP) is 1.06. The Morgan fingerprint density at radius 1 is 1.47 bits per heavy atom. The molecule has 0 aliphatic carbocycles. The van der Waals surface area contributed by atoms with E-state index in [2.05, 4.69) is 10.3 Å². The zero-order valence-corrected chi connectivity index (χ0v) is 10.0. The Balaban J connectivity index is 2.30. The summed E-state index contributed by atoms with van der Waals surface area (Å²) in [5.74, 6) is 0.389. The van der Waals surface area contributed by atoms with Crippen molar-refractivity contribution >= 4 is 12.0 Å². The Kier molecular flexibility index (Phi) is 3.51. The van der Waals surface area contributed by atoms with Crippen molar-refractivity contribution in [3.8, 4) is 5.75 Å². The van der Waals surface area contributed by atoms with Gasteiger partial charge in [0.15, 0.2) is 6.29 Å². The molecule has 1 heterocycles. The van der Waals surface area contributed by atoms with Gasteiger partial charge in [-0.05, 0) is 11.6 Å². The first-order valence-corrected chi connectivity index (χ1v) is 5.30. The molecule has 1 aromatic carbocycles. The SMILES string of the molecule is COc1cc(Cn2cc(C=O)nn2)cc([N+](=O)[O-])c1. The first-order valence-electron chi connectivity index (χ1n) is 5.30.